The summed E-state index contributed by atoms with van der Waals surface area (Å²) in [5.74, 6) is 0. The second-order valence-electron chi connectivity index (χ2n) is 2.19. The van der Waals surface area contributed by atoms with Gasteiger partial charge in [0.05, 0.1) is 16.9 Å². The predicted molar refractivity (Wildman–Crippen MR) is 46.1 cm³/mol. The number of halogens is 3. The molecule has 0 aliphatic carbocycles. The lowest BCUT2D eigenvalue weighted by atomic mass is 10.3. The molecule has 0 aliphatic heterocycles. The highest BCUT2D eigenvalue weighted by atomic mass is 35.5. The second kappa shape index (κ2) is 3.52. The average molecular weight is 222 g/mol. The topological polar surface area (TPSA) is 28.7 Å². The van der Waals surface area contributed by atoms with Gasteiger partial charge in [0.25, 0.3) is 0 Å². The number of nitrogens with one attached hydrogen (secondary N) is 1. The third-order valence-electron chi connectivity index (χ3n) is 1.44. The van der Waals surface area contributed by atoms with Crippen LogP contribution in [0.3, 0.4) is 0 Å². The Morgan fingerprint density at radius 2 is 2.00 bits per heavy atom. The molecule has 0 saturated heterocycles. The number of aromatic amines is 1. The Morgan fingerprint density at radius 1 is 1.25 bits per heavy atom. The van der Waals surface area contributed by atoms with E-state index >= 15 is 0 Å². The van der Waals surface area contributed by atoms with Crippen molar-refractivity contribution in [2.24, 2.45) is 0 Å². The minimum Gasteiger partial charge on any atom is -1.00 e. The van der Waals surface area contributed by atoms with Gasteiger partial charge in [-0.2, -0.15) is 0 Å². The van der Waals surface area contributed by atoms with E-state index < -0.39 is 0 Å². The van der Waals surface area contributed by atoms with Crippen LogP contribution < -0.4 is 12.4 Å². The van der Waals surface area contributed by atoms with Crippen molar-refractivity contribution in [3.63, 3.8) is 0 Å². The van der Waals surface area contributed by atoms with Crippen molar-refractivity contribution in [1.82, 2.24) is 9.97 Å². The standard InChI is InChI=1S/C7H4Cl2N2.ClH/c8-4-1-5(9)7-6(2-4)10-3-11-7;/h1-3H,(H,10,11);1H/p-1. The molecule has 1 aromatic heterocycles. The molecule has 1 aromatic carbocycles. The lowest BCUT2D eigenvalue weighted by Gasteiger charge is -1.92. The quantitative estimate of drug-likeness (QED) is 0.661. The molecule has 1 N–H and O–H groups in total. The zero-order valence-corrected chi connectivity index (χ0v) is 8.08. The van der Waals surface area contributed by atoms with Crippen LogP contribution in [0.5, 0.6) is 0 Å². The van der Waals surface area contributed by atoms with Crippen molar-refractivity contribution in [3.05, 3.63) is 28.5 Å². The largest absolute Gasteiger partial charge is 1.00 e. The monoisotopic (exact) mass is 221 g/mol. The van der Waals surface area contributed by atoms with Crippen LogP contribution in [0.25, 0.3) is 11.0 Å². The van der Waals surface area contributed by atoms with Gasteiger partial charge in [-0.15, -0.1) is 0 Å². The first kappa shape index (κ1) is 9.65. The Hall–Kier alpha value is -0.440. The van der Waals surface area contributed by atoms with Crippen molar-refractivity contribution in [3.8, 4) is 0 Å². The minimum atomic E-state index is 0. The fraction of sp³-hybridized carbons (Fsp3) is 0. The van der Waals surface area contributed by atoms with Crippen LogP contribution >= 0.6 is 23.2 Å². The van der Waals surface area contributed by atoms with Crippen molar-refractivity contribution in [2.45, 2.75) is 0 Å². The van der Waals surface area contributed by atoms with Crippen LogP contribution in [0.4, 0.5) is 0 Å². The van der Waals surface area contributed by atoms with E-state index in [0.29, 0.717) is 10.0 Å². The first-order valence-electron chi connectivity index (χ1n) is 3.05. The van der Waals surface area contributed by atoms with Crippen molar-refractivity contribution in [1.29, 1.82) is 0 Å². The van der Waals surface area contributed by atoms with Gasteiger partial charge in [-0.3, -0.25) is 0 Å². The number of rotatable bonds is 0. The van der Waals surface area contributed by atoms with Gasteiger partial charge in [-0.1, -0.05) is 23.2 Å². The SMILES string of the molecule is Clc1cc(Cl)c2nc[nH]c2c1.[Cl-]. The molecular formula is C7H4Cl3N2-. The van der Waals surface area contributed by atoms with E-state index in [1.54, 1.807) is 18.5 Å². The molecule has 2 rings (SSSR count). The van der Waals surface area contributed by atoms with Gasteiger partial charge in [-0.05, 0) is 12.1 Å². The molecule has 12 heavy (non-hydrogen) atoms. The number of fused-ring (bicyclic) bond motifs is 1. The first-order valence-corrected chi connectivity index (χ1v) is 3.81. The average Bonchev–Trinajstić information content (AvgIpc) is 2.34. The number of imidazole rings is 1. The van der Waals surface area contributed by atoms with Crippen LogP contribution in [0.1, 0.15) is 0 Å². The van der Waals surface area contributed by atoms with E-state index in [0.717, 1.165) is 11.0 Å². The molecule has 2 nitrogen and oxygen atoms in total. The van der Waals surface area contributed by atoms with Gasteiger partial charge in [0.2, 0.25) is 0 Å². The minimum absolute atomic E-state index is 0. The van der Waals surface area contributed by atoms with Crippen molar-refractivity contribution >= 4 is 34.2 Å². The Kier molecular flexibility index (Phi) is 2.83. The second-order valence-corrected chi connectivity index (χ2v) is 3.03. The van der Waals surface area contributed by atoms with Crippen molar-refractivity contribution in [2.75, 3.05) is 0 Å². The summed E-state index contributed by atoms with van der Waals surface area (Å²) in [5, 5.41) is 1.19. The van der Waals surface area contributed by atoms with E-state index in [1.165, 1.54) is 0 Å². The van der Waals surface area contributed by atoms with Gasteiger partial charge in [-0.25, -0.2) is 4.98 Å². The zero-order valence-electron chi connectivity index (χ0n) is 5.81. The Bertz CT molecular complexity index is 396. The summed E-state index contributed by atoms with van der Waals surface area (Å²) >= 11 is 11.6. The maximum atomic E-state index is 5.84. The molecule has 64 valence electrons. The molecule has 0 saturated carbocycles. The molecule has 0 unspecified atom stereocenters. The third-order valence-corrected chi connectivity index (χ3v) is 1.95. The summed E-state index contributed by atoms with van der Waals surface area (Å²) < 4.78 is 0. The highest BCUT2D eigenvalue weighted by molar-refractivity contribution is 6.38. The third kappa shape index (κ3) is 1.51. The van der Waals surface area contributed by atoms with Crippen molar-refractivity contribution < 1.29 is 12.4 Å². The number of H-pyrrole nitrogens is 1. The number of hydrogen-bond donors (Lipinski definition) is 1. The summed E-state index contributed by atoms with van der Waals surface area (Å²) in [4.78, 5) is 6.93. The fourth-order valence-corrected chi connectivity index (χ4v) is 1.52. The Balaban J connectivity index is 0.000000720. The van der Waals surface area contributed by atoms with Gasteiger partial charge >= 0.3 is 0 Å². The number of nitrogens with zero attached hydrogens (tertiary/aromatic N) is 1. The molecule has 0 spiro atoms. The van der Waals surface area contributed by atoms with Crippen LogP contribution in [-0.2, 0) is 0 Å². The number of aromatic nitrogens is 2. The summed E-state index contributed by atoms with van der Waals surface area (Å²) in [6, 6.07) is 3.46. The molecule has 0 radical (unpaired) electrons. The van der Waals surface area contributed by atoms with Gasteiger partial charge in [0.1, 0.15) is 5.52 Å². The molecule has 0 fully saturated rings. The van der Waals surface area contributed by atoms with Gasteiger partial charge in [0.15, 0.2) is 0 Å². The predicted octanol–water partition coefficient (Wildman–Crippen LogP) is -0.126. The van der Waals surface area contributed by atoms with Crippen LogP contribution in [0.15, 0.2) is 18.5 Å². The first-order chi connectivity index (χ1) is 5.27. The summed E-state index contributed by atoms with van der Waals surface area (Å²) in [6.07, 6.45) is 1.59. The normalized spacial score (nSPS) is 9.83. The summed E-state index contributed by atoms with van der Waals surface area (Å²) in [7, 11) is 0. The van der Waals surface area contributed by atoms with E-state index in [-0.39, 0.29) is 12.4 Å². The molecule has 0 aliphatic rings. The molecule has 1 heterocycles. The molecule has 5 heteroatoms. The Labute approximate surface area is 85.3 Å². The molecule has 2 aromatic rings. The highest BCUT2D eigenvalue weighted by Crippen LogP contribution is 2.24. The zero-order chi connectivity index (χ0) is 7.84. The maximum Gasteiger partial charge on any atom is 0.107 e. The molecule has 0 amide bonds. The fourth-order valence-electron chi connectivity index (χ4n) is 0.974. The number of hydrogen-bond acceptors (Lipinski definition) is 1. The maximum absolute atomic E-state index is 5.84. The molecule has 0 atom stereocenters. The van der Waals surface area contributed by atoms with Gasteiger partial charge < -0.3 is 17.4 Å². The van der Waals surface area contributed by atoms with E-state index in [1.807, 2.05) is 0 Å². The molecule has 0 bridgehead atoms. The van der Waals surface area contributed by atoms with E-state index in [4.69, 9.17) is 23.2 Å². The van der Waals surface area contributed by atoms with Crippen LogP contribution in [0.2, 0.25) is 10.0 Å². The summed E-state index contributed by atoms with van der Waals surface area (Å²) in [5.41, 5.74) is 1.62. The van der Waals surface area contributed by atoms with E-state index in [2.05, 4.69) is 9.97 Å². The van der Waals surface area contributed by atoms with Crippen LogP contribution in [0, 0.1) is 0 Å². The molecular weight excluding hydrogens is 218 g/mol. The highest BCUT2D eigenvalue weighted by Gasteiger charge is 2.01. The summed E-state index contributed by atoms with van der Waals surface area (Å²) in [6.45, 7) is 0. The van der Waals surface area contributed by atoms with Crippen LogP contribution in [-0.4, -0.2) is 9.97 Å². The lowest BCUT2D eigenvalue weighted by molar-refractivity contribution is -0.00000212. The smallest absolute Gasteiger partial charge is 0.107 e. The lowest BCUT2D eigenvalue weighted by Crippen LogP contribution is -3.00. The van der Waals surface area contributed by atoms with Gasteiger partial charge in [0, 0.05) is 5.02 Å². The van der Waals surface area contributed by atoms with E-state index in [9.17, 15) is 0 Å². The Morgan fingerprint density at radius 3 is 2.75 bits per heavy atom. The number of benzene rings is 1.